The molecule has 0 aliphatic carbocycles. The standard InChI is InChI=1S/C22H17F3N2O4S/c23-22(24,25)15-6-3-8-17(12-15)27-32(29,30)18-9-4-7-16(13-18)26-21(28)20-11-14-5-1-2-10-19(14)31-20/h1-10,12-13,20,27H,11H2,(H,26,28). The highest BCUT2D eigenvalue weighted by atomic mass is 32.2. The van der Waals surface area contributed by atoms with E-state index < -0.39 is 33.8 Å². The zero-order valence-electron chi connectivity index (χ0n) is 16.4. The Kier molecular flexibility index (Phi) is 5.55. The Labute approximate surface area is 182 Å². The van der Waals surface area contributed by atoms with Crippen LogP contribution in [0.1, 0.15) is 11.1 Å². The summed E-state index contributed by atoms with van der Waals surface area (Å²) >= 11 is 0. The molecule has 10 heteroatoms. The molecule has 1 aliphatic heterocycles. The summed E-state index contributed by atoms with van der Waals surface area (Å²) in [5.41, 5.74) is -0.0987. The number of halogens is 3. The fourth-order valence-electron chi connectivity index (χ4n) is 3.27. The van der Waals surface area contributed by atoms with Crippen molar-refractivity contribution >= 4 is 27.3 Å². The fourth-order valence-corrected chi connectivity index (χ4v) is 4.36. The van der Waals surface area contributed by atoms with Crippen LogP contribution in [0.3, 0.4) is 0 Å². The van der Waals surface area contributed by atoms with Crippen LogP contribution in [-0.2, 0) is 27.4 Å². The lowest BCUT2D eigenvalue weighted by Gasteiger charge is -2.14. The third-order valence-electron chi connectivity index (χ3n) is 4.79. The van der Waals surface area contributed by atoms with E-state index in [2.05, 4.69) is 10.0 Å². The molecular formula is C22H17F3N2O4S. The summed E-state index contributed by atoms with van der Waals surface area (Å²) in [7, 11) is -4.20. The first-order chi connectivity index (χ1) is 15.1. The Bertz CT molecular complexity index is 1250. The van der Waals surface area contributed by atoms with Crippen LogP contribution in [0.5, 0.6) is 5.75 Å². The Balaban J connectivity index is 1.48. The maximum absolute atomic E-state index is 12.9. The molecule has 1 amide bonds. The molecule has 1 unspecified atom stereocenters. The van der Waals surface area contributed by atoms with E-state index in [0.717, 1.165) is 17.7 Å². The first kappa shape index (κ1) is 21.7. The number of fused-ring (bicyclic) bond motifs is 1. The van der Waals surface area contributed by atoms with Gasteiger partial charge < -0.3 is 10.1 Å². The van der Waals surface area contributed by atoms with E-state index in [1.807, 2.05) is 12.1 Å². The monoisotopic (exact) mass is 462 g/mol. The van der Waals surface area contributed by atoms with Crippen molar-refractivity contribution in [1.82, 2.24) is 0 Å². The van der Waals surface area contributed by atoms with Gasteiger partial charge in [0.15, 0.2) is 6.10 Å². The summed E-state index contributed by atoms with van der Waals surface area (Å²) < 4.78 is 71.8. The van der Waals surface area contributed by atoms with Crippen molar-refractivity contribution in [3.8, 4) is 5.75 Å². The second-order valence-electron chi connectivity index (χ2n) is 7.12. The summed E-state index contributed by atoms with van der Waals surface area (Å²) in [5, 5.41) is 2.62. The molecule has 0 saturated heterocycles. The van der Waals surface area contributed by atoms with Gasteiger partial charge in [-0.3, -0.25) is 9.52 Å². The maximum atomic E-state index is 12.9. The van der Waals surface area contributed by atoms with Crippen LogP contribution in [0.4, 0.5) is 24.5 Å². The van der Waals surface area contributed by atoms with Crippen LogP contribution in [0.2, 0.25) is 0 Å². The van der Waals surface area contributed by atoms with Gasteiger partial charge in [0.2, 0.25) is 0 Å². The Morgan fingerprint density at radius 3 is 2.41 bits per heavy atom. The quantitative estimate of drug-likeness (QED) is 0.587. The summed E-state index contributed by atoms with van der Waals surface area (Å²) in [6.07, 6.45) is -4.97. The lowest BCUT2D eigenvalue weighted by molar-refractivity contribution is -0.137. The average Bonchev–Trinajstić information content (AvgIpc) is 3.18. The van der Waals surface area contributed by atoms with Gasteiger partial charge in [0.05, 0.1) is 10.5 Å². The molecule has 2 N–H and O–H groups in total. The number of alkyl halides is 3. The van der Waals surface area contributed by atoms with Gasteiger partial charge in [0, 0.05) is 17.8 Å². The molecule has 0 spiro atoms. The third kappa shape index (κ3) is 4.70. The fraction of sp³-hybridized carbons (Fsp3) is 0.136. The van der Waals surface area contributed by atoms with Crippen LogP contribution < -0.4 is 14.8 Å². The van der Waals surface area contributed by atoms with Gasteiger partial charge in [-0.2, -0.15) is 13.2 Å². The topological polar surface area (TPSA) is 84.5 Å². The number of nitrogens with one attached hydrogen (secondary N) is 2. The van der Waals surface area contributed by atoms with E-state index in [9.17, 15) is 26.4 Å². The van der Waals surface area contributed by atoms with Crippen molar-refractivity contribution in [2.45, 2.75) is 23.6 Å². The maximum Gasteiger partial charge on any atom is 0.416 e. The van der Waals surface area contributed by atoms with Crippen molar-refractivity contribution < 1.29 is 31.1 Å². The molecule has 6 nitrogen and oxygen atoms in total. The van der Waals surface area contributed by atoms with E-state index in [0.29, 0.717) is 18.2 Å². The number of hydrogen-bond acceptors (Lipinski definition) is 4. The molecule has 0 radical (unpaired) electrons. The Hall–Kier alpha value is -3.53. The third-order valence-corrected chi connectivity index (χ3v) is 6.17. The Morgan fingerprint density at radius 1 is 0.938 bits per heavy atom. The molecule has 0 saturated carbocycles. The highest BCUT2D eigenvalue weighted by Gasteiger charge is 2.31. The molecule has 32 heavy (non-hydrogen) atoms. The minimum Gasteiger partial charge on any atom is -0.480 e. The predicted molar refractivity (Wildman–Crippen MR) is 112 cm³/mol. The highest BCUT2D eigenvalue weighted by Crippen LogP contribution is 2.32. The second kappa shape index (κ2) is 8.19. The van der Waals surface area contributed by atoms with Crippen LogP contribution in [0.25, 0.3) is 0 Å². The van der Waals surface area contributed by atoms with E-state index in [1.165, 1.54) is 30.3 Å². The largest absolute Gasteiger partial charge is 0.480 e. The van der Waals surface area contributed by atoms with Gasteiger partial charge in [0.1, 0.15) is 5.75 Å². The number of para-hydroxylation sites is 1. The van der Waals surface area contributed by atoms with Gasteiger partial charge in [-0.25, -0.2) is 8.42 Å². The van der Waals surface area contributed by atoms with Crippen LogP contribution in [0.15, 0.2) is 77.7 Å². The van der Waals surface area contributed by atoms with E-state index in [-0.39, 0.29) is 16.3 Å². The predicted octanol–water partition coefficient (Wildman–Crippen LogP) is 4.45. The average molecular weight is 462 g/mol. The zero-order chi connectivity index (χ0) is 22.9. The van der Waals surface area contributed by atoms with Crippen molar-refractivity contribution in [2.24, 2.45) is 0 Å². The molecule has 0 bridgehead atoms. The summed E-state index contributed by atoms with van der Waals surface area (Å²) in [6.45, 7) is 0. The number of ether oxygens (including phenoxy) is 1. The number of hydrogen-bond donors (Lipinski definition) is 2. The first-order valence-corrected chi connectivity index (χ1v) is 11.0. The number of rotatable bonds is 5. The molecule has 166 valence electrons. The molecule has 3 aromatic carbocycles. The molecule has 1 aliphatic rings. The number of carbonyl (C=O) groups is 1. The molecule has 0 aromatic heterocycles. The lowest BCUT2D eigenvalue weighted by atomic mass is 10.1. The molecule has 1 heterocycles. The molecular weight excluding hydrogens is 445 g/mol. The zero-order valence-corrected chi connectivity index (χ0v) is 17.2. The number of carbonyl (C=O) groups excluding carboxylic acids is 1. The molecule has 3 aromatic rings. The molecule has 0 fully saturated rings. The van der Waals surface area contributed by atoms with E-state index in [4.69, 9.17) is 4.74 Å². The minimum atomic E-state index is -4.60. The lowest BCUT2D eigenvalue weighted by Crippen LogP contribution is -2.31. The number of amides is 1. The van der Waals surface area contributed by atoms with E-state index in [1.54, 1.807) is 12.1 Å². The normalized spacial score (nSPS) is 15.5. The summed E-state index contributed by atoms with van der Waals surface area (Å²) in [6, 6.07) is 16.5. The minimum absolute atomic E-state index is 0.210. The van der Waals surface area contributed by atoms with Gasteiger partial charge >= 0.3 is 6.18 Å². The highest BCUT2D eigenvalue weighted by molar-refractivity contribution is 7.92. The SMILES string of the molecule is O=C(Nc1cccc(S(=O)(=O)Nc2cccc(C(F)(F)F)c2)c1)C1Cc2ccccc2O1. The van der Waals surface area contributed by atoms with Crippen LogP contribution >= 0.6 is 0 Å². The second-order valence-corrected chi connectivity index (χ2v) is 8.80. The van der Waals surface area contributed by atoms with Crippen molar-refractivity contribution in [2.75, 3.05) is 10.0 Å². The molecule has 1 atom stereocenters. The summed E-state index contributed by atoms with van der Waals surface area (Å²) in [5.74, 6) is 0.177. The smallest absolute Gasteiger partial charge is 0.416 e. The van der Waals surface area contributed by atoms with Crippen molar-refractivity contribution in [3.05, 3.63) is 83.9 Å². The van der Waals surface area contributed by atoms with Crippen LogP contribution in [-0.4, -0.2) is 20.4 Å². The first-order valence-electron chi connectivity index (χ1n) is 9.47. The van der Waals surface area contributed by atoms with Gasteiger partial charge in [-0.1, -0.05) is 30.3 Å². The molecule has 4 rings (SSSR count). The van der Waals surface area contributed by atoms with Crippen molar-refractivity contribution in [1.29, 1.82) is 0 Å². The van der Waals surface area contributed by atoms with Crippen molar-refractivity contribution in [3.63, 3.8) is 0 Å². The number of anilines is 2. The number of sulfonamides is 1. The summed E-state index contributed by atoms with van der Waals surface area (Å²) in [4.78, 5) is 12.3. The van der Waals surface area contributed by atoms with Gasteiger partial charge in [0.25, 0.3) is 15.9 Å². The van der Waals surface area contributed by atoms with Gasteiger partial charge in [-0.15, -0.1) is 0 Å². The van der Waals surface area contributed by atoms with E-state index >= 15 is 0 Å². The number of benzene rings is 3. The van der Waals surface area contributed by atoms with Gasteiger partial charge in [-0.05, 0) is 48.0 Å². The Morgan fingerprint density at radius 2 is 1.66 bits per heavy atom. The van der Waals surface area contributed by atoms with Crippen LogP contribution in [0, 0.1) is 0 Å².